The molecule has 0 radical (unpaired) electrons. The first-order valence-corrected chi connectivity index (χ1v) is 12.3. The summed E-state index contributed by atoms with van der Waals surface area (Å²) in [5.41, 5.74) is 8.70. The number of carbonyl (C=O) groups excluding carboxylic acids is 1. The van der Waals surface area contributed by atoms with Crippen molar-refractivity contribution in [3.8, 4) is 22.7 Å². The molecule has 0 bridgehead atoms. The second-order valence-electron chi connectivity index (χ2n) is 8.73. The highest BCUT2D eigenvalue weighted by Gasteiger charge is 2.30. The summed E-state index contributed by atoms with van der Waals surface area (Å²) in [6, 6.07) is 11.7. The molecular weight excluding hydrogens is 499 g/mol. The Morgan fingerprint density at radius 3 is 2.70 bits per heavy atom. The van der Waals surface area contributed by atoms with Gasteiger partial charge in [-0.2, -0.15) is 4.98 Å². The van der Waals surface area contributed by atoms with E-state index in [-0.39, 0.29) is 16.9 Å². The van der Waals surface area contributed by atoms with Crippen molar-refractivity contribution in [2.24, 2.45) is 5.92 Å². The van der Waals surface area contributed by atoms with E-state index in [1.165, 1.54) is 12.1 Å². The highest BCUT2D eigenvalue weighted by Crippen LogP contribution is 2.35. The standard InChI is InChI=1S/C26H26ClFN6O3/c1-3-37-25(35)16-5-4-12-33(14-16)26-30-22(15-6-11-20(28)19(27)13-15)21-23(29)34(32-24(21)31-26)17-7-9-18(36-2)10-8-17/h6-11,13,16H,3-5,12,14,29H2,1-2H3. The van der Waals surface area contributed by atoms with Crippen LogP contribution in [0.3, 0.4) is 0 Å². The zero-order chi connectivity index (χ0) is 26.1. The minimum atomic E-state index is -0.536. The first-order valence-electron chi connectivity index (χ1n) is 12.0. The van der Waals surface area contributed by atoms with Crippen LogP contribution < -0.4 is 15.4 Å². The second-order valence-corrected chi connectivity index (χ2v) is 9.14. The van der Waals surface area contributed by atoms with Gasteiger partial charge >= 0.3 is 5.97 Å². The number of hydrogen-bond acceptors (Lipinski definition) is 8. The van der Waals surface area contributed by atoms with Gasteiger partial charge in [-0.1, -0.05) is 11.6 Å². The van der Waals surface area contributed by atoms with Gasteiger partial charge in [0.25, 0.3) is 0 Å². The summed E-state index contributed by atoms with van der Waals surface area (Å²) >= 11 is 6.11. The number of anilines is 2. The molecule has 0 amide bonds. The summed E-state index contributed by atoms with van der Waals surface area (Å²) in [5, 5.41) is 5.16. The highest BCUT2D eigenvalue weighted by atomic mass is 35.5. The number of ether oxygens (including phenoxy) is 2. The fourth-order valence-corrected chi connectivity index (χ4v) is 4.71. The predicted octanol–water partition coefficient (Wildman–Crippen LogP) is 4.65. The summed E-state index contributed by atoms with van der Waals surface area (Å²) in [6.45, 7) is 3.21. The molecule has 1 unspecified atom stereocenters. The molecule has 192 valence electrons. The first-order chi connectivity index (χ1) is 17.9. The number of esters is 1. The third-order valence-electron chi connectivity index (χ3n) is 6.39. The summed E-state index contributed by atoms with van der Waals surface area (Å²) in [5.74, 6) is 0.377. The molecule has 2 N–H and O–H groups in total. The van der Waals surface area contributed by atoms with Gasteiger partial charge in [-0.05, 0) is 62.2 Å². The first kappa shape index (κ1) is 24.8. The van der Waals surface area contributed by atoms with E-state index in [1.807, 2.05) is 29.2 Å². The minimum absolute atomic E-state index is 0.0349. The quantitative estimate of drug-likeness (QED) is 0.363. The number of fused-ring (bicyclic) bond motifs is 1. The van der Waals surface area contributed by atoms with E-state index in [4.69, 9.17) is 36.8 Å². The second kappa shape index (κ2) is 10.2. The molecule has 0 aliphatic carbocycles. The number of nitrogens with two attached hydrogens (primary N) is 1. The van der Waals surface area contributed by atoms with E-state index >= 15 is 0 Å². The average molecular weight is 525 g/mol. The van der Waals surface area contributed by atoms with Gasteiger partial charge in [-0.3, -0.25) is 4.79 Å². The molecule has 1 aliphatic rings. The Morgan fingerprint density at radius 1 is 1.22 bits per heavy atom. The monoisotopic (exact) mass is 524 g/mol. The number of rotatable bonds is 6. The zero-order valence-electron chi connectivity index (χ0n) is 20.4. The van der Waals surface area contributed by atoms with Crippen LogP contribution in [-0.4, -0.2) is 52.5 Å². The van der Waals surface area contributed by atoms with E-state index in [2.05, 4.69) is 5.10 Å². The SMILES string of the molecule is CCOC(=O)C1CCCN(c2nc(-c3ccc(F)c(Cl)c3)c3c(N)n(-c4ccc(OC)cc4)nc3n2)C1. The molecule has 4 aromatic rings. The van der Waals surface area contributed by atoms with Crippen LogP contribution in [-0.2, 0) is 9.53 Å². The van der Waals surface area contributed by atoms with Crippen molar-refractivity contribution in [1.82, 2.24) is 19.7 Å². The lowest BCUT2D eigenvalue weighted by Crippen LogP contribution is -2.40. The summed E-state index contributed by atoms with van der Waals surface area (Å²) in [6.07, 6.45) is 1.52. The third-order valence-corrected chi connectivity index (χ3v) is 6.68. The van der Waals surface area contributed by atoms with Gasteiger partial charge in [-0.15, -0.1) is 5.10 Å². The van der Waals surface area contributed by atoms with Crippen LogP contribution in [0.15, 0.2) is 42.5 Å². The minimum Gasteiger partial charge on any atom is -0.497 e. The van der Waals surface area contributed by atoms with Crippen molar-refractivity contribution in [3.05, 3.63) is 53.3 Å². The molecule has 37 heavy (non-hydrogen) atoms. The Kier molecular flexibility index (Phi) is 6.84. The molecule has 2 aromatic heterocycles. The number of benzene rings is 2. The van der Waals surface area contributed by atoms with Crippen LogP contribution in [0.5, 0.6) is 5.75 Å². The number of nitrogen functional groups attached to an aromatic ring is 1. The van der Waals surface area contributed by atoms with Gasteiger partial charge in [-0.25, -0.2) is 14.1 Å². The molecule has 5 rings (SSSR count). The fourth-order valence-electron chi connectivity index (χ4n) is 4.53. The Hall–Kier alpha value is -3.92. The van der Waals surface area contributed by atoms with E-state index in [9.17, 15) is 9.18 Å². The van der Waals surface area contributed by atoms with Crippen LogP contribution in [0, 0.1) is 11.7 Å². The smallest absolute Gasteiger partial charge is 0.310 e. The number of aromatic nitrogens is 4. The van der Waals surface area contributed by atoms with Gasteiger partial charge in [0.05, 0.1) is 41.4 Å². The molecule has 9 nitrogen and oxygen atoms in total. The van der Waals surface area contributed by atoms with E-state index in [0.29, 0.717) is 65.2 Å². The maximum Gasteiger partial charge on any atom is 0.310 e. The van der Waals surface area contributed by atoms with Crippen molar-refractivity contribution in [2.75, 3.05) is 37.4 Å². The van der Waals surface area contributed by atoms with E-state index < -0.39 is 5.82 Å². The van der Waals surface area contributed by atoms with Crippen molar-refractivity contribution < 1.29 is 18.7 Å². The Bertz CT molecular complexity index is 1460. The zero-order valence-corrected chi connectivity index (χ0v) is 21.2. The Balaban J connectivity index is 1.65. The number of hydrogen-bond donors (Lipinski definition) is 1. The van der Waals surface area contributed by atoms with Crippen LogP contribution >= 0.6 is 11.6 Å². The van der Waals surface area contributed by atoms with Crippen molar-refractivity contribution in [3.63, 3.8) is 0 Å². The van der Waals surface area contributed by atoms with Gasteiger partial charge in [0.2, 0.25) is 5.95 Å². The topological polar surface area (TPSA) is 108 Å². The van der Waals surface area contributed by atoms with E-state index in [0.717, 1.165) is 12.8 Å². The molecule has 1 fully saturated rings. The van der Waals surface area contributed by atoms with E-state index in [1.54, 1.807) is 24.8 Å². The van der Waals surface area contributed by atoms with Crippen molar-refractivity contribution in [1.29, 1.82) is 0 Å². The van der Waals surface area contributed by atoms with Gasteiger partial charge < -0.3 is 20.1 Å². The molecule has 11 heteroatoms. The average Bonchev–Trinajstić information content (AvgIpc) is 3.26. The number of carbonyl (C=O) groups is 1. The molecule has 1 atom stereocenters. The number of methoxy groups -OCH3 is 1. The molecule has 2 aromatic carbocycles. The molecular formula is C26H26ClFN6O3. The molecule has 0 saturated carbocycles. The Labute approximate surface area is 218 Å². The molecule has 3 heterocycles. The van der Waals surface area contributed by atoms with Gasteiger partial charge in [0.15, 0.2) is 5.65 Å². The highest BCUT2D eigenvalue weighted by molar-refractivity contribution is 6.31. The lowest BCUT2D eigenvalue weighted by molar-refractivity contribution is -0.148. The molecule has 1 aliphatic heterocycles. The third kappa shape index (κ3) is 4.76. The number of nitrogens with zero attached hydrogens (tertiary/aromatic N) is 5. The van der Waals surface area contributed by atoms with Gasteiger partial charge in [0, 0.05) is 18.7 Å². The van der Waals surface area contributed by atoms with Crippen LogP contribution in [0.1, 0.15) is 19.8 Å². The molecule has 0 spiro atoms. The largest absolute Gasteiger partial charge is 0.497 e. The van der Waals surface area contributed by atoms with Crippen LogP contribution in [0.25, 0.3) is 28.0 Å². The summed E-state index contributed by atoms with van der Waals surface area (Å²) in [4.78, 5) is 23.9. The van der Waals surface area contributed by atoms with Crippen LogP contribution in [0.4, 0.5) is 16.2 Å². The summed E-state index contributed by atoms with van der Waals surface area (Å²) < 4.78 is 26.0. The Morgan fingerprint density at radius 2 is 2.00 bits per heavy atom. The normalized spacial score (nSPS) is 15.7. The maximum atomic E-state index is 14.0. The lowest BCUT2D eigenvalue weighted by Gasteiger charge is -2.31. The predicted molar refractivity (Wildman–Crippen MR) is 140 cm³/mol. The van der Waals surface area contributed by atoms with Crippen molar-refractivity contribution in [2.45, 2.75) is 19.8 Å². The number of halogens is 2. The molecule has 1 saturated heterocycles. The lowest BCUT2D eigenvalue weighted by atomic mass is 9.98. The summed E-state index contributed by atoms with van der Waals surface area (Å²) in [7, 11) is 1.59. The fraction of sp³-hybridized carbons (Fsp3) is 0.308. The maximum absolute atomic E-state index is 14.0. The number of piperidine rings is 1. The van der Waals surface area contributed by atoms with Crippen molar-refractivity contribution >= 4 is 40.4 Å². The van der Waals surface area contributed by atoms with Gasteiger partial charge in [0.1, 0.15) is 17.4 Å². The van der Waals surface area contributed by atoms with Crippen LogP contribution in [0.2, 0.25) is 5.02 Å².